The summed E-state index contributed by atoms with van der Waals surface area (Å²) in [7, 11) is 0. The van der Waals surface area contributed by atoms with E-state index in [-0.39, 0.29) is 66.6 Å². The van der Waals surface area contributed by atoms with Crippen molar-refractivity contribution in [3.63, 3.8) is 0 Å². The lowest BCUT2D eigenvalue weighted by atomic mass is 9.49. The second-order valence-electron chi connectivity index (χ2n) is 20.6. The van der Waals surface area contributed by atoms with Crippen molar-refractivity contribution < 1.29 is 33.8 Å². The Balaban J connectivity index is 0.887. The molecule has 15 heteroatoms. The quantitative estimate of drug-likeness (QED) is 0.0624. The van der Waals surface area contributed by atoms with Crippen molar-refractivity contribution >= 4 is 52.1 Å². The number of hydrogen-bond acceptors (Lipinski definition) is 11. The van der Waals surface area contributed by atoms with Gasteiger partial charge in [-0.1, -0.05) is 91.3 Å². The number of aromatic nitrogens is 1. The number of aliphatic hydroxyl groups excluding tert-OH is 1. The number of benzene rings is 3. The molecule has 6 rings (SSSR count). The molecular weight excluding hydrogens is 900 g/mol. The van der Waals surface area contributed by atoms with E-state index in [0.29, 0.717) is 35.1 Å². The Morgan fingerprint density at radius 1 is 1.00 bits per heavy atom. The number of amides is 3. The topological polar surface area (TPSA) is 183 Å². The van der Waals surface area contributed by atoms with Crippen molar-refractivity contribution in [2.45, 2.75) is 131 Å². The number of ether oxygens (including phenoxy) is 2. The fraction of sp³-hybridized carbons (Fsp3) is 0.509. The van der Waals surface area contributed by atoms with Crippen LogP contribution in [-0.4, -0.2) is 95.1 Å². The van der Waals surface area contributed by atoms with Crippen LogP contribution in [-0.2, 0) is 19.1 Å². The van der Waals surface area contributed by atoms with E-state index in [1.165, 1.54) is 4.90 Å². The number of halogens is 1. The number of carbonyl (C=O) groups is 4. The summed E-state index contributed by atoms with van der Waals surface area (Å²) in [4.78, 5) is 61.2. The molecule has 3 aromatic carbocycles. The van der Waals surface area contributed by atoms with Crippen molar-refractivity contribution in [2.24, 2.45) is 16.2 Å². The predicted molar refractivity (Wildman–Crippen MR) is 267 cm³/mol. The molecule has 1 aromatic heterocycles. The number of nitrogens with zero attached hydrogens (tertiary/aromatic N) is 3. The molecule has 1 saturated heterocycles. The molecule has 4 atom stereocenters. The number of β-amino-alcohol motifs (C(OH)–C–C–N with tert-alkyl or cyclic N) is 1. The molecule has 4 aromatic rings. The maximum atomic E-state index is 14.1. The number of nitriles is 1. The third kappa shape index (κ3) is 12.3. The Morgan fingerprint density at radius 3 is 2.31 bits per heavy atom. The molecule has 1 aliphatic heterocycles. The molecule has 2 fully saturated rings. The van der Waals surface area contributed by atoms with E-state index in [0.717, 1.165) is 46.6 Å². The van der Waals surface area contributed by atoms with Crippen LogP contribution in [0.25, 0.3) is 10.4 Å². The highest BCUT2D eigenvalue weighted by Gasteiger charge is 2.64. The van der Waals surface area contributed by atoms with E-state index < -0.39 is 35.4 Å². The fourth-order valence-corrected chi connectivity index (χ4v) is 11.0. The van der Waals surface area contributed by atoms with Crippen LogP contribution < -0.4 is 20.7 Å². The molecule has 1 saturated carbocycles. The van der Waals surface area contributed by atoms with Crippen molar-refractivity contribution in [3.05, 3.63) is 99.6 Å². The second-order valence-corrected chi connectivity index (χ2v) is 21.9. The van der Waals surface area contributed by atoms with Crippen molar-refractivity contribution in [1.82, 2.24) is 20.5 Å². The Bertz CT molecular complexity index is 2440. The molecule has 0 bridgehead atoms. The largest absolute Gasteiger partial charge is 0.489 e. The van der Waals surface area contributed by atoms with Crippen LogP contribution in [0.3, 0.4) is 0 Å². The van der Waals surface area contributed by atoms with E-state index in [1.54, 1.807) is 41.7 Å². The third-order valence-corrected chi connectivity index (χ3v) is 14.7. The standard InChI is InChI=1S/C53H67ClN6O7S/c1-32(34-13-15-35(16-14-34)45-33(2)57-31-68-45)25-43(62)42-26-39(61)29-60(42)48(65)46(51(3,4)5)58-44(63)30-66-24-12-10-11-23-56-38-20-17-36(18-21-38)47(64)59-49-52(6,7)50(53(49,8)9)67-40-22-19-37(28-55)41(54)27-40/h13-22,27,31-32,39,42,46,49-50,56,61H,10-12,23-26,29-30H2,1-9H3,(H,58,63)(H,59,64)/t32-,39-,42+,46?,49?,50?/m1/s1. The molecule has 13 nitrogen and oxygen atoms in total. The molecule has 2 aliphatic rings. The molecule has 0 spiro atoms. The van der Waals surface area contributed by atoms with Gasteiger partial charge in [0.1, 0.15) is 30.6 Å². The van der Waals surface area contributed by atoms with Gasteiger partial charge in [-0.05, 0) is 85.0 Å². The van der Waals surface area contributed by atoms with Gasteiger partial charge in [0.2, 0.25) is 11.8 Å². The molecular formula is C53H67ClN6O7S. The summed E-state index contributed by atoms with van der Waals surface area (Å²) >= 11 is 7.83. The SMILES string of the molecule is Cc1ncsc1-c1ccc([C@H](C)CC(=O)[C@@H]2C[C@@H](O)CN2C(=O)C(NC(=O)COCCCCCNc2ccc(C(=O)NC3C(C)(C)C(Oc4ccc(C#N)c(Cl)c4)C3(C)C)cc2)C(C)(C)C)cc1. The number of nitrogens with one attached hydrogen (secondary N) is 3. The van der Waals surface area contributed by atoms with Gasteiger partial charge in [-0.3, -0.25) is 19.2 Å². The van der Waals surface area contributed by atoms with Crippen molar-refractivity contribution in [1.29, 1.82) is 5.26 Å². The molecule has 2 heterocycles. The zero-order chi connectivity index (χ0) is 49.6. The van der Waals surface area contributed by atoms with E-state index in [9.17, 15) is 29.5 Å². The molecule has 1 unspecified atom stereocenters. The van der Waals surface area contributed by atoms with E-state index in [1.807, 2.05) is 76.5 Å². The summed E-state index contributed by atoms with van der Waals surface area (Å²) in [5.74, 6) is -0.608. The lowest BCUT2D eigenvalue weighted by Crippen LogP contribution is -2.74. The minimum atomic E-state index is -0.924. The summed E-state index contributed by atoms with van der Waals surface area (Å²) in [6, 6.07) is 20.8. The number of ketones is 1. The Kier molecular flexibility index (Phi) is 16.8. The van der Waals surface area contributed by atoms with Crippen LogP contribution >= 0.6 is 22.9 Å². The van der Waals surface area contributed by atoms with E-state index >= 15 is 0 Å². The Morgan fingerprint density at radius 2 is 1.69 bits per heavy atom. The molecule has 1 aliphatic carbocycles. The maximum absolute atomic E-state index is 14.1. The Hall–Kier alpha value is -5.33. The number of aliphatic hydroxyl groups is 1. The lowest BCUT2D eigenvalue weighted by molar-refractivity contribution is -0.164. The second kappa shape index (κ2) is 22.0. The van der Waals surface area contributed by atoms with Gasteiger partial charge in [-0.15, -0.1) is 11.3 Å². The summed E-state index contributed by atoms with van der Waals surface area (Å²) in [5, 5.41) is 29.7. The van der Waals surface area contributed by atoms with E-state index in [2.05, 4.69) is 54.7 Å². The smallest absolute Gasteiger partial charge is 0.251 e. The highest BCUT2D eigenvalue weighted by atomic mass is 35.5. The average Bonchev–Trinajstić information content (AvgIpc) is 3.91. The summed E-state index contributed by atoms with van der Waals surface area (Å²) < 4.78 is 12.1. The van der Waals surface area contributed by atoms with Gasteiger partial charge in [-0.25, -0.2) is 4.98 Å². The minimum Gasteiger partial charge on any atom is -0.489 e. The molecule has 4 N–H and O–H groups in total. The predicted octanol–water partition coefficient (Wildman–Crippen LogP) is 9.11. The average molecular weight is 968 g/mol. The number of aryl methyl sites for hydroxylation is 1. The first-order chi connectivity index (χ1) is 32.1. The molecule has 3 amide bonds. The van der Waals surface area contributed by atoms with Gasteiger partial charge in [0.05, 0.1) is 38.8 Å². The number of anilines is 1. The summed E-state index contributed by atoms with van der Waals surface area (Å²) in [6.07, 6.45) is 1.79. The first-order valence-electron chi connectivity index (χ1n) is 23.5. The number of likely N-dealkylation sites (tertiary alicyclic amines) is 1. The first-order valence-corrected chi connectivity index (χ1v) is 24.8. The number of Topliss-reactive ketones (excluding diaryl/α,β-unsaturated/α-hetero) is 1. The third-order valence-electron chi connectivity index (χ3n) is 13.5. The normalized spacial score (nSPS) is 20.4. The van der Waals surface area contributed by atoms with Crippen LogP contribution in [0.1, 0.15) is 121 Å². The van der Waals surface area contributed by atoms with Crippen LogP contribution in [0.15, 0.2) is 72.2 Å². The highest BCUT2D eigenvalue weighted by Crippen LogP contribution is 2.55. The molecule has 364 valence electrons. The molecule has 0 radical (unpaired) electrons. The van der Waals surface area contributed by atoms with E-state index in [4.69, 9.17) is 21.1 Å². The van der Waals surface area contributed by atoms with Crippen molar-refractivity contribution in [2.75, 3.05) is 31.6 Å². The van der Waals surface area contributed by atoms with Crippen LogP contribution in [0.5, 0.6) is 5.75 Å². The van der Waals surface area contributed by atoms with Crippen molar-refractivity contribution in [3.8, 4) is 22.3 Å². The zero-order valence-corrected chi connectivity index (χ0v) is 42.4. The van der Waals surface area contributed by atoms with Gasteiger partial charge >= 0.3 is 0 Å². The van der Waals surface area contributed by atoms with Gasteiger partial charge in [-0.2, -0.15) is 5.26 Å². The van der Waals surface area contributed by atoms with Crippen LogP contribution in [0, 0.1) is 34.5 Å². The van der Waals surface area contributed by atoms with Gasteiger partial charge in [0.25, 0.3) is 5.91 Å². The number of rotatable bonds is 20. The van der Waals surface area contributed by atoms with Gasteiger partial charge < -0.3 is 35.4 Å². The molecule has 68 heavy (non-hydrogen) atoms. The van der Waals surface area contributed by atoms with Crippen LogP contribution in [0.4, 0.5) is 5.69 Å². The fourth-order valence-electron chi connectivity index (χ4n) is 9.93. The number of carbonyl (C=O) groups excluding carboxylic acids is 4. The Labute approximate surface area is 410 Å². The zero-order valence-electron chi connectivity index (χ0n) is 40.8. The summed E-state index contributed by atoms with van der Waals surface area (Å²) in [6.45, 7) is 18.7. The van der Waals surface area contributed by atoms with Gasteiger partial charge in [0, 0.05) is 66.7 Å². The minimum absolute atomic E-state index is 0.0265. The number of thiazole rings is 1. The monoisotopic (exact) mass is 966 g/mol. The van der Waals surface area contributed by atoms with Gasteiger partial charge in [0.15, 0.2) is 5.78 Å². The summed E-state index contributed by atoms with van der Waals surface area (Å²) in [5.41, 5.74) is 5.31. The lowest BCUT2D eigenvalue weighted by Gasteiger charge is -2.63. The van der Waals surface area contributed by atoms with Crippen LogP contribution in [0.2, 0.25) is 5.02 Å². The highest BCUT2D eigenvalue weighted by molar-refractivity contribution is 7.13. The number of unbranched alkanes of at least 4 members (excludes halogenated alkanes) is 2. The maximum Gasteiger partial charge on any atom is 0.251 e. The first kappa shape index (κ1) is 52.0. The number of hydrogen-bond donors (Lipinski definition) is 4.